The maximum atomic E-state index is 11.6. The molecule has 2 aromatic rings. The number of anilines is 1. The molecule has 6 N–H and O–H groups in total. The summed E-state index contributed by atoms with van der Waals surface area (Å²) < 4.78 is 0. The number of carbonyl (C=O) groups excluding carboxylic acids is 1. The van der Waals surface area contributed by atoms with Gasteiger partial charge in [-0.2, -0.15) is 0 Å². The molecule has 6 rings (SSSR count). The number of hydrogen-bond acceptors (Lipinski definition) is 6. The van der Waals surface area contributed by atoms with E-state index < -0.39 is 17.5 Å². The van der Waals surface area contributed by atoms with Crippen LogP contribution in [0.25, 0.3) is 11.0 Å². The number of amides is 1. The predicted molar refractivity (Wildman–Crippen MR) is 105 cm³/mol. The molecule has 0 radical (unpaired) electrons. The molecule has 9 nitrogen and oxygen atoms in total. The SMILES string of the molecule is N=C(NC(=O)C(=O)O)c1cnc2[nH]ccc2c1N[C@H]1[C@@H]2CC3C[C@H]1C[C@@](O)(C3)C2. The Morgan fingerprint density at radius 1 is 1.24 bits per heavy atom. The van der Waals surface area contributed by atoms with E-state index in [1.807, 2.05) is 6.07 Å². The summed E-state index contributed by atoms with van der Waals surface area (Å²) in [6.07, 6.45) is 7.85. The lowest BCUT2D eigenvalue weighted by Crippen LogP contribution is -2.59. The first-order valence-corrected chi connectivity index (χ1v) is 9.91. The van der Waals surface area contributed by atoms with Crippen molar-refractivity contribution in [2.75, 3.05) is 5.32 Å². The normalized spacial score (nSPS) is 32.3. The molecule has 1 amide bonds. The van der Waals surface area contributed by atoms with E-state index in [4.69, 9.17) is 10.5 Å². The second-order valence-electron chi connectivity index (χ2n) is 8.79. The summed E-state index contributed by atoms with van der Waals surface area (Å²) in [5.74, 6) is -1.93. The van der Waals surface area contributed by atoms with Crippen LogP contribution in [0.2, 0.25) is 0 Å². The van der Waals surface area contributed by atoms with Crippen molar-refractivity contribution in [1.29, 1.82) is 5.41 Å². The molecule has 4 saturated carbocycles. The molecule has 5 atom stereocenters. The molecule has 4 fully saturated rings. The molecule has 152 valence electrons. The number of carbonyl (C=O) groups is 2. The van der Waals surface area contributed by atoms with Crippen LogP contribution in [0.15, 0.2) is 18.5 Å². The van der Waals surface area contributed by atoms with Crippen LogP contribution in [0.4, 0.5) is 5.69 Å². The fraction of sp³-hybridized carbons (Fsp3) is 0.500. The number of carboxylic acids is 1. The summed E-state index contributed by atoms with van der Waals surface area (Å²) in [7, 11) is 0. The second-order valence-corrected chi connectivity index (χ2v) is 8.79. The zero-order chi connectivity index (χ0) is 20.3. The Morgan fingerprint density at radius 2 is 1.97 bits per heavy atom. The van der Waals surface area contributed by atoms with Crippen LogP contribution in [0.1, 0.15) is 37.7 Å². The average molecular weight is 397 g/mol. The topological polar surface area (TPSA) is 151 Å². The lowest BCUT2D eigenvalue weighted by molar-refractivity contribution is -0.149. The van der Waals surface area contributed by atoms with E-state index in [0.717, 1.165) is 37.5 Å². The third kappa shape index (κ3) is 2.96. The summed E-state index contributed by atoms with van der Waals surface area (Å²) in [5, 5.41) is 34.4. The molecule has 1 unspecified atom stereocenters. The van der Waals surface area contributed by atoms with Crippen molar-refractivity contribution in [2.24, 2.45) is 17.8 Å². The highest BCUT2D eigenvalue weighted by atomic mass is 16.4. The zero-order valence-corrected chi connectivity index (χ0v) is 15.7. The van der Waals surface area contributed by atoms with Gasteiger partial charge < -0.3 is 25.8 Å². The van der Waals surface area contributed by atoms with Crippen molar-refractivity contribution < 1.29 is 19.8 Å². The van der Waals surface area contributed by atoms with E-state index in [-0.39, 0.29) is 11.9 Å². The van der Waals surface area contributed by atoms with Crippen molar-refractivity contribution in [3.8, 4) is 0 Å². The third-order valence-electron chi connectivity index (χ3n) is 6.84. The van der Waals surface area contributed by atoms with Gasteiger partial charge in [0.1, 0.15) is 11.5 Å². The summed E-state index contributed by atoms with van der Waals surface area (Å²) in [6, 6.07) is 2.01. The number of H-pyrrole nitrogens is 1. The van der Waals surface area contributed by atoms with Crippen LogP contribution in [0.3, 0.4) is 0 Å². The lowest BCUT2D eigenvalue weighted by atomic mass is 9.52. The molecule has 0 saturated heterocycles. The summed E-state index contributed by atoms with van der Waals surface area (Å²) in [6.45, 7) is 0. The van der Waals surface area contributed by atoms with E-state index in [1.165, 1.54) is 6.20 Å². The molecule has 0 aliphatic heterocycles. The minimum Gasteiger partial charge on any atom is -0.474 e. The van der Waals surface area contributed by atoms with Gasteiger partial charge in [-0.15, -0.1) is 0 Å². The van der Waals surface area contributed by atoms with Crippen molar-refractivity contribution in [1.82, 2.24) is 15.3 Å². The van der Waals surface area contributed by atoms with Gasteiger partial charge in [-0.1, -0.05) is 0 Å². The van der Waals surface area contributed by atoms with E-state index in [1.54, 1.807) is 6.20 Å². The number of nitrogens with one attached hydrogen (secondary N) is 4. The van der Waals surface area contributed by atoms with Gasteiger partial charge in [0.05, 0.1) is 16.9 Å². The molecule has 4 bridgehead atoms. The molecular formula is C20H23N5O4. The molecule has 0 aromatic carbocycles. The van der Waals surface area contributed by atoms with E-state index in [2.05, 4.69) is 20.6 Å². The Bertz CT molecular complexity index is 1020. The highest BCUT2D eigenvalue weighted by Gasteiger charge is 2.54. The first kappa shape index (κ1) is 18.1. The van der Waals surface area contributed by atoms with Gasteiger partial charge in [-0.3, -0.25) is 10.2 Å². The number of aromatic nitrogens is 2. The monoisotopic (exact) mass is 397 g/mol. The zero-order valence-electron chi connectivity index (χ0n) is 15.7. The number of nitrogens with zero attached hydrogens (tertiary/aromatic N) is 1. The van der Waals surface area contributed by atoms with Gasteiger partial charge in [0.15, 0.2) is 0 Å². The minimum absolute atomic E-state index is 0.161. The van der Waals surface area contributed by atoms with Crippen LogP contribution in [-0.2, 0) is 9.59 Å². The molecule has 0 spiro atoms. The van der Waals surface area contributed by atoms with Crippen molar-refractivity contribution in [3.05, 3.63) is 24.0 Å². The number of fused-ring (bicyclic) bond motifs is 1. The number of amidine groups is 1. The number of aliphatic carboxylic acids is 1. The van der Waals surface area contributed by atoms with Crippen LogP contribution >= 0.6 is 0 Å². The van der Waals surface area contributed by atoms with Gasteiger partial charge in [-0.25, -0.2) is 9.78 Å². The number of carboxylic acid groups (broad SMARTS) is 1. The van der Waals surface area contributed by atoms with Gasteiger partial charge in [0, 0.05) is 23.8 Å². The molecule has 4 aliphatic carbocycles. The Labute approximate surface area is 166 Å². The van der Waals surface area contributed by atoms with Crippen LogP contribution in [0, 0.1) is 23.2 Å². The van der Waals surface area contributed by atoms with E-state index >= 15 is 0 Å². The molecule has 2 heterocycles. The fourth-order valence-corrected chi connectivity index (χ4v) is 5.97. The summed E-state index contributed by atoms with van der Waals surface area (Å²) >= 11 is 0. The first-order chi connectivity index (χ1) is 13.8. The maximum absolute atomic E-state index is 11.6. The third-order valence-corrected chi connectivity index (χ3v) is 6.84. The quantitative estimate of drug-likeness (QED) is 0.262. The second kappa shape index (κ2) is 6.28. The fourth-order valence-electron chi connectivity index (χ4n) is 5.97. The molecule has 2 aromatic heterocycles. The molecule has 29 heavy (non-hydrogen) atoms. The molecule has 4 aliphatic rings. The van der Waals surface area contributed by atoms with Crippen molar-refractivity contribution in [3.63, 3.8) is 0 Å². The number of aliphatic hydroxyl groups is 1. The highest BCUT2D eigenvalue weighted by molar-refractivity contribution is 6.36. The van der Waals surface area contributed by atoms with Gasteiger partial charge >= 0.3 is 11.9 Å². The summed E-state index contributed by atoms with van der Waals surface area (Å²) in [4.78, 5) is 29.8. The minimum atomic E-state index is -1.64. The number of rotatable bonds is 3. The number of aromatic amines is 1. The molecular weight excluding hydrogens is 374 g/mol. The van der Waals surface area contributed by atoms with Gasteiger partial charge in [0.25, 0.3) is 0 Å². The van der Waals surface area contributed by atoms with E-state index in [9.17, 15) is 14.7 Å². The average Bonchev–Trinajstić information content (AvgIpc) is 3.12. The lowest BCUT2D eigenvalue weighted by Gasteiger charge is -2.58. The largest absolute Gasteiger partial charge is 0.474 e. The predicted octanol–water partition coefficient (Wildman–Crippen LogP) is 1.44. The highest BCUT2D eigenvalue weighted by Crippen LogP contribution is 2.56. The summed E-state index contributed by atoms with van der Waals surface area (Å²) in [5.41, 5.74) is 1.12. The Hall–Kier alpha value is -2.94. The smallest absolute Gasteiger partial charge is 0.394 e. The Morgan fingerprint density at radius 3 is 2.62 bits per heavy atom. The van der Waals surface area contributed by atoms with E-state index in [0.29, 0.717) is 34.7 Å². The first-order valence-electron chi connectivity index (χ1n) is 9.91. The van der Waals surface area contributed by atoms with Gasteiger partial charge in [0.2, 0.25) is 0 Å². The van der Waals surface area contributed by atoms with Crippen LogP contribution in [0.5, 0.6) is 0 Å². The maximum Gasteiger partial charge on any atom is 0.394 e. The van der Waals surface area contributed by atoms with Gasteiger partial charge in [-0.05, 0) is 55.9 Å². The Kier molecular flexibility index (Phi) is 3.92. The van der Waals surface area contributed by atoms with Crippen LogP contribution in [-0.4, -0.2) is 49.5 Å². The standard InChI is InChI=1S/C20H23N5O4/c21-16(25-18(26)19(27)28)13-8-23-17-12(1-2-22-17)15(13)24-14-10-3-9-4-11(14)7-20(29,5-9)6-10/h1-2,8-11,14,29H,3-7H2,(H,27,28)(H2,21,25,26)(H2,22,23,24)/t9?,10-,11+,14+,20-. The number of pyridine rings is 1. The number of hydrogen-bond donors (Lipinski definition) is 6. The van der Waals surface area contributed by atoms with Crippen molar-refractivity contribution >= 4 is 34.4 Å². The van der Waals surface area contributed by atoms with Crippen LogP contribution < -0.4 is 10.6 Å². The Balaban J connectivity index is 1.49. The van der Waals surface area contributed by atoms with Crippen molar-refractivity contribution in [2.45, 2.75) is 43.7 Å². The molecule has 9 heteroatoms.